The molecule has 0 saturated heterocycles. The van der Waals surface area contributed by atoms with Gasteiger partial charge in [0.25, 0.3) is 0 Å². The van der Waals surface area contributed by atoms with Crippen LogP contribution < -0.4 is 5.32 Å². The maximum Gasteiger partial charge on any atom is 0.312 e. The van der Waals surface area contributed by atoms with Gasteiger partial charge in [0.1, 0.15) is 11.8 Å². The fourth-order valence-corrected chi connectivity index (χ4v) is 1.44. The molecule has 0 radical (unpaired) electrons. The number of pyridine rings is 2. The number of rotatable bonds is 4. The van der Waals surface area contributed by atoms with E-state index in [1.807, 2.05) is 6.07 Å². The highest BCUT2D eigenvalue weighted by molar-refractivity contribution is 5.78. The molecule has 0 aliphatic carbocycles. The second-order valence-corrected chi connectivity index (χ2v) is 4.09. The molecule has 9 heteroatoms. The predicted octanol–water partition coefficient (Wildman–Crippen LogP) is 2.08. The van der Waals surface area contributed by atoms with E-state index in [0.717, 1.165) is 6.07 Å². The Kier molecular flexibility index (Phi) is 6.77. The van der Waals surface area contributed by atoms with E-state index in [1.54, 1.807) is 20.3 Å². The Bertz CT molecular complexity index is 725. The Hall–Kier alpha value is -3.38. The number of methoxy groups -OCH3 is 1. The van der Waals surface area contributed by atoms with Gasteiger partial charge in [0.05, 0.1) is 16.8 Å². The first-order chi connectivity index (χ1) is 11.0. The number of hydrogen-bond acceptors (Lipinski definition) is 8. The zero-order valence-corrected chi connectivity index (χ0v) is 12.4. The van der Waals surface area contributed by atoms with Crippen molar-refractivity contribution >= 4 is 23.5 Å². The van der Waals surface area contributed by atoms with Gasteiger partial charge in [-0.3, -0.25) is 14.9 Å². The molecule has 9 nitrogen and oxygen atoms in total. The number of ether oxygens (including phenoxy) is 1. The molecule has 0 bridgehead atoms. The minimum Gasteiger partial charge on any atom is -0.388 e. The third-order valence-corrected chi connectivity index (χ3v) is 2.36. The van der Waals surface area contributed by atoms with Crippen molar-refractivity contribution in [2.45, 2.75) is 0 Å². The lowest BCUT2D eigenvalue weighted by atomic mass is 10.2. The van der Waals surface area contributed by atoms with E-state index in [9.17, 15) is 14.9 Å². The van der Waals surface area contributed by atoms with Crippen LogP contribution in [-0.2, 0) is 4.74 Å². The van der Waals surface area contributed by atoms with Crippen LogP contribution in [0.25, 0.3) is 0 Å². The van der Waals surface area contributed by atoms with Crippen LogP contribution >= 0.6 is 0 Å². The molecule has 2 aromatic rings. The third-order valence-electron chi connectivity index (χ3n) is 2.36. The van der Waals surface area contributed by atoms with Crippen LogP contribution in [0, 0.1) is 21.4 Å². The van der Waals surface area contributed by atoms with E-state index < -0.39 is 4.92 Å². The molecular formula is C14H13N5O4. The molecule has 0 atom stereocenters. The smallest absolute Gasteiger partial charge is 0.312 e. The van der Waals surface area contributed by atoms with Crippen molar-refractivity contribution in [3.8, 4) is 6.07 Å². The van der Waals surface area contributed by atoms with E-state index in [4.69, 9.17) is 5.26 Å². The topological polar surface area (TPSA) is 131 Å². The zero-order valence-electron chi connectivity index (χ0n) is 12.4. The summed E-state index contributed by atoms with van der Waals surface area (Å²) in [5.74, 6) is -0.00731. The second kappa shape index (κ2) is 8.81. The summed E-state index contributed by atoms with van der Waals surface area (Å²) in [5, 5.41) is 22.3. The summed E-state index contributed by atoms with van der Waals surface area (Å²) in [6, 6.07) is 6.00. The Morgan fingerprint density at radius 3 is 2.52 bits per heavy atom. The van der Waals surface area contributed by atoms with E-state index in [0.29, 0.717) is 12.0 Å². The molecule has 23 heavy (non-hydrogen) atoms. The predicted molar refractivity (Wildman–Crippen MR) is 81.4 cm³/mol. The third kappa shape index (κ3) is 5.14. The van der Waals surface area contributed by atoms with Gasteiger partial charge in [-0.05, 0) is 12.1 Å². The Morgan fingerprint density at radius 1 is 1.35 bits per heavy atom. The van der Waals surface area contributed by atoms with Crippen LogP contribution in [-0.4, -0.2) is 35.4 Å². The number of nitrogens with one attached hydrogen (secondary N) is 1. The highest BCUT2D eigenvalue weighted by Gasteiger charge is 2.16. The second-order valence-electron chi connectivity index (χ2n) is 4.09. The molecule has 0 unspecified atom stereocenters. The van der Waals surface area contributed by atoms with E-state index in [2.05, 4.69) is 20.0 Å². The first kappa shape index (κ1) is 17.7. The summed E-state index contributed by atoms with van der Waals surface area (Å²) in [6.45, 7) is 0. The molecular weight excluding hydrogens is 302 g/mol. The lowest BCUT2D eigenvalue weighted by Crippen LogP contribution is -2.01. The maximum absolute atomic E-state index is 10.9. The number of nitrogens with zero attached hydrogens (tertiary/aromatic N) is 4. The molecule has 2 aromatic heterocycles. The SMILES string of the molecule is COC.N#Cc1ccc(Nc2ncc(C=O)cc2[N+](=O)[O-])cn1. The minimum atomic E-state index is -0.639. The van der Waals surface area contributed by atoms with Gasteiger partial charge < -0.3 is 10.1 Å². The van der Waals surface area contributed by atoms with Crippen LogP contribution in [0.3, 0.4) is 0 Å². The summed E-state index contributed by atoms with van der Waals surface area (Å²) in [5.41, 5.74) is 0.465. The molecule has 0 saturated carbocycles. The van der Waals surface area contributed by atoms with Crippen LogP contribution in [0.4, 0.5) is 17.2 Å². The van der Waals surface area contributed by atoms with Crippen molar-refractivity contribution in [3.63, 3.8) is 0 Å². The van der Waals surface area contributed by atoms with Gasteiger partial charge in [-0.25, -0.2) is 9.97 Å². The van der Waals surface area contributed by atoms with E-state index in [1.165, 1.54) is 18.5 Å². The van der Waals surface area contributed by atoms with Crippen molar-refractivity contribution in [2.24, 2.45) is 0 Å². The van der Waals surface area contributed by atoms with Gasteiger partial charge in [0.2, 0.25) is 5.82 Å². The maximum atomic E-state index is 10.9. The molecule has 0 aliphatic rings. The van der Waals surface area contributed by atoms with E-state index >= 15 is 0 Å². The van der Waals surface area contributed by atoms with Gasteiger partial charge in [0, 0.05) is 32.0 Å². The highest BCUT2D eigenvalue weighted by atomic mass is 16.6. The molecule has 0 spiro atoms. The number of hydrogen-bond donors (Lipinski definition) is 1. The lowest BCUT2D eigenvalue weighted by Gasteiger charge is -2.05. The average Bonchev–Trinajstić information content (AvgIpc) is 2.56. The molecule has 2 heterocycles. The molecule has 0 fully saturated rings. The van der Waals surface area contributed by atoms with Gasteiger partial charge in [-0.1, -0.05) is 0 Å². The summed E-state index contributed by atoms with van der Waals surface area (Å²) in [6.07, 6.45) is 3.06. The van der Waals surface area contributed by atoms with Crippen molar-refractivity contribution < 1.29 is 14.5 Å². The van der Waals surface area contributed by atoms with Gasteiger partial charge in [-0.15, -0.1) is 0 Å². The molecule has 0 amide bonds. The summed E-state index contributed by atoms with van der Waals surface area (Å²) >= 11 is 0. The zero-order chi connectivity index (χ0) is 17.2. The number of nitriles is 1. The molecule has 0 aromatic carbocycles. The molecule has 1 N–H and O–H groups in total. The Morgan fingerprint density at radius 2 is 2.04 bits per heavy atom. The van der Waals surface area contributed by atoms with Crippen LogP contribution in [0.15, 0.2) is 30.6 Å². The minimum absolute atomic E-state index is 0.00731. The number of carbonyl (C=O) groups excluding carboxylic acids is 1. The highest BCUT2D eigenvalue weighted by Crippen LogP contribution is 2.25. The number of nitro groups is 1. The normalized spacial score (nSPS) is 9.09. The number of aromatic nitrogens is 2. The van der Waals surface area contributed by atoms with Crippen molar-refractivity contribution in [2.75, 3.05) is 19.5 Å². The van der Waals surface area contributed by atoms with Gasteiger partial charge >= 0.3 is 5.69 Å². The molecule has 0 aliphatic heterocycles. The summed E-state index contributed by atoms with van der Waals surface area (Å²) < 4.78 is 4.25. The fraction of sp³-hybridized carbons (Fsp3) is 0.143. The van der Waals surface area contributed by atoms with Crippen LogP contribution in [0.2, 0.25) is 0 Å². The Balaban J connectivity index is 0.000000816. The number of carbonyl (C=O) groups is 1. The average molecular weight is 315 g/mol. The first-order valence-corrected chi connectivity index (χ1v) is 6.18. The Labute approximate surface area is 131 Å². The summed E-state index contributed by atoms with van der Waals surface area (Å²) in [4.78, 5) is 28.5. The monoisotopic (exact) mass is 315 g/mol. The largest absolute Gasteiger partial charge is 0.388 e. The molecule has 2 rings (SSSR count). The summed E-state index contributed by atoms with van der Waals surface area (Å²) in [7, 11) is 3.25. The van der Waals surface area contributed by atoms with Gasteiger partial charge in [0.15, 0.2) is 6.29 Å². The number of aldehydes is 1. The quantitative estimate of drug-likeness (QED) is 0.515. The van der Waals surface area contributed by atoms with Crippen molar-refractivity contribution in [1.29, 1.82) is 5.26 Å². The van der Waals surface area contributed by atoms with Gasteiger partial charge in [-0.2, -0.15) is 5.26 Å². The fourth-order valence-electron chi connectivity index (χ4n) is 1.44. The molecule has 118 valence electrons. The first-order valence-electron chi connectivity index (χ1n) is 6.18. The number of anilines is 2. The van der Waals surface area contributed by atoms with Crippen molar-refractivity contribution in [1.82, 2.24) is 9.97 Å². The lowest BCUT2D eigenvalue weighted by molar-refractivity contribution is -0.384. The standard InChI is InChI=1S/C12H7N5O3.C2H6O/c13-4-9-1-2-10(6-14-9)16-12-11(17(19)20)3-8(7-18)5-15-12;1-3-2/h1-3,5-7H,(H,15,16);1-2H3. The van der Waals surface area contributed by atoms with Crippen molar-refractivity contribution in [3.05, 3.63) is 52.0 Å². The van der Waals surface area contributed by atoms with E-state index in [-0.39, 0.29) is 22.8 Å². The van der Waals surface area contributed by atoms with Crippen LogP contribution in [0.1, 0.15) is 16.1 Å². The van der Waals surface area contributed by atoms with Crippen LogP contribution in [0.5, 0.6) is 0 Å².